The van der Waals surface area contributed by atoms with Gasteiger partial charge in [0.05, 0.1) is 0 Å². The molecule has 0 aromatic carbocycles. The Morgan fingerprint density at radius 1 is 1.61 bits per heavy atom. The summed E-state index contributed by atoms with van der Waals surface area (Å²) in [7, 11) is 2.11. The number of nitrogens with zero attached hydrogens (tertiary/aromatic N) is 2. The first kappa shape index (κ1) is 12.8. The standard InChI is InChI=1S/C13H20N4O/c1-17-7-3-2-4-11(17)9-16-13(18)12-8-10(14)5-6-15-12/h5-6,8,11H,2-4,7,9H2,1H3,(H2,14,15)(H,16,18). The maximum atomic E-state index is 11.9. The van der Waals surface area contributed by atoms with Crippen LogP contribution in [-0.4, -0.2) is 42.0 Å². The van der Waals surface area contributed by atoms with Gasteiger partial charge in [-0.05, 0) is 38.6 Å². The summed E-state index contributed by atoms with van der Waals surface area (Å²) in [6, 6.07) is 3.70. The summed E-state index contributed by atoms with van der Waals surface area (Å²) in [6.07, 6.45) is 5.18. The van der Waals surface area contributed by atoms with Crippen LogP contribution >= 0.6 is 0 Å². The third kappa shape index (κ3) is 3.20. The fraction of sp³-hybridized carbons (Fsp3) is 0.538. The maximum absolute atomic E-state index is 11.9. The van der Waals surface area contributed by atoms with Crippen molar-refractivity contribution in [2.45, 2.75) is 25.3 Å². The number of carbonyl (C=O) groups is 1. The second kappa shape index (κ2) is 5.82. The van der Waals surface area contributed by atoms with E-state index < -0.39 is 0 Å². The number of anilines is 1. The molecule has 2 heterocycles. The van der Waals surface area contributed by atoms with Crippen molar-refractivity contribution in [3.8, 4) is 0 Å². The number of nitrogens with two attached hydrogens (primary N) is 1. The number of rotatable bonds is 3. The number of likely N-dealkylation sites (N-methyl/N-ethyl adjacent to an activating group) is 1. The zero-order valence-electron chi connectivity index (χ0n) is 10.7. The fourth-order valence-electron chi connectivity index (χ4n) is 2.27. The molecule has 1 amide bonds. The zero-order valence-corrected chi connectivity index (χ0v) is 10.7. The molecule has 98 valence electrons. The Balaban J connectivity index is 1.88. The quantitative estimate of drug-likeness (QED) is 0.833. The molecular weight excluding hydrogens is 228 g/mol. The molecule has 1 saturated heterocycles. The van der Waals surface area contributed by atoms with Crippen LogP contribution in [-0.2, 0) is 0 Å². The lowest BCUT2D eigenvalue weighted by atomic mass is 10.0. The number of aromatic nitrogens is 1. The van der Waals surface area contributed by atoms with Gasteiger partial charge in [0.25, 0.3) is 5.91 Å². The maximum Gasteiger partial charge on any atom is 0.270 e. The monoisotopic (exact) mass is 248 g/mol. The topological polar surface area (TPSA) is 71.2 Å². The van der Waals surface area contributed by atoms with Crippen molar-refractivity contribution >= 4 is 11.6 Å². The fourth-order valence-corrected chi connectivity index (χ4v) is 2.27. The van der Waals surface area contributed by atoms with E-state index in [0.29, 0.717) is 24.0 Å². The van der Waals surface area contributed by atoms with Crippen LogP contribution in [0, 0.1) is 0 Å². The second-order valence-electron chi connectivity index (χ2n) is 4.81. The van der Waals surface area contributed by atoms with Gasteiger partial charge in [-0.3, -0.25) is 9.78 Å². The average molecular weight is 248 g/mol. The molecule has 1 atom stereocenters. The van der Waals surface area contributed by atoms with Crippen LogP contribution in [0.2, 0.25) is 0 Å². The van der Waals surface area contributed by atoms with Crippen molar-refractivity contribution in [1.82, 2.24) is 15.2 Å². The van der Waals surface area contributed by atoms with Gasteiger partial charge in [-0.2, -0.15) is 0 Å². The van der Waals surface area contributed by atoms with Gasteiger partial charge < -0.3 is 16.0 Å². The molecule has 1 aliphatic heterocycles. The first-order chi connectivity index (χ1) is 8.66. The van der Waals surface area contributed by atoms with E-state index in [1.54, 1.807) is 18.3 Å². The highest BCUT2D eigenvalue weighted by molar-refractivity contribution is 5.92. The Hall–Kier alpha value is -1.62. The molecule has 0 saturated carbocycles. The van der Waals surface area contributed by atoms with E-state index in [1.165, 1.54) is 12.8 Å². The number of likely N-dealkylation sites (tertiary alicyclic amines) is 1. The van der Waals surface area contributed by atoms with Crippen molar-refractivity contribution in [2.24, 2.45) is 0 Å². The predicted octanol–water partition coefficient (Wildman–Crippen LogP) is 0.878. The smallest absolute Gasteiger partial charge is 0.270 e. The van der Waals surface area contributed by atoms with E-state index >= 15 is 0 Å². The third-order valence-corrected chi connectivity index (χ3v) is 3.44. The van der Waals surface area contributed by atoms with Gasteiger partial charge in [0.15, 0.2) is 0 Å². The van der Waals surface area contributed by atoms with Crippen LogP contribution in [0.3, 0.4) is 0 Å². The second-order valence-corrected chi connectivity index (χ2v) is 4.81. The normalized spacial score (nSPS) is 20.6. The molecule has 5 heteroatoms. The van der Waals surface area contributed by atoms with Gasteiger partial charge in [-0.1, -0.05) is 6.42 Å². The van der Waals surface area contributed by atoms with Crippen molar-refractivity contribution in [3.05, 3.63) is 24.0 Å². The summed E-state index contributed by atoms with van der Waals surface area (Å²) in [5.74, 6) is -0.152. The molecule has 18 heavy (non-hydrogen) atoms. The minimum atomic E-state index is -0.152. The molecule has 1 unspecified atom stereocenters. The van der Waals surface area contributed by atoms with Gasteiger partial charge in [0, 0.05) is 24.5 Å². The highest BCUT2D eigenvalue weighted by Gasteiger charge is 2.19. The Labute approximate surface area is 107 Å². The Morgan fingerprint density at radius 3 is 3.17 bits per heavy atom. The molecule has 1 fully saturated rings. The molecule has 0 radical (unpaired) electrons. The summed E-state index contributed by atoms with van der Waals surface area (Å²) in [5, 5.41) is 2.93. The predicted molar refractivity (Wildman–Crippen MR) is 71.3 cm³/mol. The number of pyridine rings is 1. The van der Waals surface area contributed by atoms with Gasteiger partial charge >= 0.3 is 0 Å². The minimum absolute atomic E-state index is 0.152. The van der Waals surface area contributed by atoms with E-state index in [4.69, 9.17) is 5.73 Å². The first-order valence-electron chi connectivity index (χ1n) is 6.37. The van der Waals surface area contributed by atoms with Crippen LogP contribution in [0.1, 0.15) is 29.8 Å². The van der Waals surface area contributed by atoms with Crippen molar-refractivity contribution in [3.63, 3.8) is 0 Å². The molecule has 0 aliphatic carbocycles. The number of nitrogen functional groups attached to an aromatic ring is 1. The van der Waals surface area contributed by atoms with Crippen molar-refractivity contribution in [1.29, 1.82) is 0 Å². The van der Waals surface area contributed by atoms with Crippen LogP contribution in [0.25, 0.3) is 0 Å². The van der Waals surface area contributed by atoms with Crippen LogP contribution < -0.4 is 11.1 Å². The van der Waals surface area contributed by atoms with Crippen molar-refractivity contribution in [2.75, 3.05) is 25.9 Å². The van der Waals surface area contributed by atoms with E-state index in [9.17, 15) is 4.79 Å². The average Bonchev–Trinajstić information content (AvgIpc) is 2.37. The summed E-state index contributed by atoms with van der Waals surface area (Å²) in [4.78, 5) is 18.2. The number of piperidine rings is 1. The Kier molecular flexibility index (Phi) is 4.15. The molecule has 2 rings (SSSR count). The highest BCUT2D eigenvalue weighted by Crippen LogP contribution is 2.14. The van der Waals surface area contributed by atoms with E-state index in [2.05, 4.69) is 22.2 Å². The third-order valence-electron chi connectivity index (χ3n) is 3.44. The lowest BCUT2D eigenvalue weighted by Gasteiger charge is -2.32. The lowest BCUT2D eigenvalue weighted by molar-refractivity contribution is 0.0923. The molecule has 1 aromatic heterocycles. The van der Waals surface area contributed by atoms with Gasteiger partial charge in [0.1, 0.15) is 5.69 Å². The Morgan fingerprint density at radius 2 is 2.44 bits per heavy atom. The molecule has 1 aliphatic rings. The number of amides is 1. The van der Waals surface area contributed by atoms with E-state index in [-0.39, 0.29) is 5.91 Å². The van der Waals surface area contributed by atoms with Crippen LogP contribution in [0.5, 0.6) is 0 Å². The van der Waals surface area contributed by atoms with Gasteiger partial charge in [-0.15, -0.1) is 0 Å². The van der Waals surface area contributed by atoms with E-state index in [0.717, 1.165) is 13.0 Å². The largest absolute Gasteiger partial charge is 0.399 e. The SMILES string of the molecule is CN1CCCCC1CNC(=O)c1cc(N)ccn1. The summed E-state index contributed by atoms with van der Waals surface area (Å²) in [5.41, 5.74) is 6.57. The highest BCUT2D eigenvalue weighted by atomic mass is 16.1. The van der Waals surface area contributed by atoms with Crippen LogP contribution in [0.15, 0.2) is 18.3 Å². The summed E-state index contributed by atoms with van der Waals surface area (Å²) in [6.45, 7) is 1.78. The molecule has 1 aromatic rings. The molecule has 3 N–H and O–H groups in total. The Bertz CT molecular complexity index is 421. The summed E-state index contributed by atoms with van der Waals surface area (Å²) < 4.78 is 0. The number of carbonyl (C=O) groups excluding carboxylic acids is 1. The lowest BCUT2D eigenvalue weighted by Crippen LogP contribution is -2.44. The summed E-state index contributed by atoms with van der Waals surface area (Å²) >= 11 is 0. The molecule has 0 bridgehead atoms. The zero-order chi connectivity index (χ0) is 13.0. The van der Waals surface area contributed by atoms with Crippen LogP contribution in [0.4, 0.5) is 5.69 Å². The molecule has 5 nitrogen and oxygen atoms in total. The van der Waals surface area contributed by atoms with Gasteiger partial charge in [0.2, 0.25) is 0 Å². The number of hydrogen-bond donors (Lipinski definition) is 2. The van der Waals surface area contributed by atoms with E-state index in [1.807, 2.05) is 0 Å². The first-order valence-corrected chi connectivity index (χ1v) is 6.37. The van der Waals surface area contributed by atoms with Gasteiger partial charge in [-0.25, -0.2) is 0 Å². The molecule has 0 spiro atoms. The van der Waals surface area contributed by atoms with Crippen molar-refractivity contribution < 1.29 is 4.79 Å². The minimum Gasteiger partial charge on any atom is -0.399 e. The number of hydrogen-bond acceptors (Lipinski definition) is 4. The number of nitrogens with one attached hydrogen (secondary N) is 1. The molecular formula is C13H20N4O.